The van der Waals surface area contributed by atoms with E-state index in [0.717, 1.165) is 11.1 Å². The molecule has 2 aliphatic rings. The summed E-state index contributed by atoms with van der Waals surface area (Å²) in [6.45, 7) is 5.08. The Morgan fingerprint density at radius 3 is 2.85 bits per heavy atom. The maximum absolute atomic E-state index is 15.1. The van der Waals surface area contributed by atoms with Gasteiger partial charge in [0.2, 0.25) is 0 Å². The first-order chi connectivity index (χ1) is 16.3. The van der Waals surface area contributed by atoms with Crippen LogP contribution in [0.4, 0.5) is 20.2 Å². The largest absolute Gasteiger partial charge is 0.491 e. The fourth-order valence-electron chi connectivity index (χ4n) is 4.71. The van der Waals surface area contributed by atoms with Crippen LogP contribution in [-0.4, -0.2) is 49.8 Å². The van der Waals surface area contributed by atoms with Crippen molar-refractivity contribution in [1.29, 1.82) is 0 Å². The molecule has 34 heavy (non-hydrogen) atoms. The van der Waals surface area contributed by atoms with E-state index in [2.05, 4.69) is 10.3 Å². The van der Waals surface area contributed by atoms with Crippen LogP contribution in [0.2, 0.25) is 0 Å². The highest BCUT2D eigenvalue weighted by atomic mass is 32.1. The normalized spacial score (nSPS) is 22.0. The van der Waals surface area contributed by atoms with Gasteiger partial charge in [0.15, 0.2) is 11.6 Å². The van der Waals surface area contributed by atoms with Gasteiger partial charge >= 0.3 is 0 Å². The Bertz CT molecular complexity index is 1280. The molecule has 3 atom stereocenters. The molecule has 0 saturated carbocycles. The Morgan fingerprint density at radius 1 is 1.32 bits per heavy atom. The third-order valence-electron chi connectivity index (χ3n) is 6.60. The number of nitrogens with two attached hydrogens (primary N) is 1. The number of anilines is 2. The third kappa shape index (κ3) is 3.84. The van der Waals surface area contributed by atoms with Crippen LogP contribution < -0.4 is 20.7 Å². The molecule has 5 rings (SSSR count). The number of amides is 1. The number of thiophene rings is 1. The van der Waals surface area contributed by atoms with E-state index in [9.17, 15) is 4.79 Å². The molecular weight excluding hydrogens is 462 g/mol. The molecule has 0 aliphatic carbocycles. The summed E-state index contributed by atoms with van der Waals surface area (Å²) >= 11 is 1.21. The fourth-order valence-corrected chi connectivity index (χ4v) is 5.76. The molecule has 3 N–H and O–H groups in total. The van der Waals surface area contributed by atoms with Crippen LogP contribution in [0.1, 0.15) is 27.9 Å². The predicted octanol–water partition coefficient (Wildman–Crippen LogP) is 3.67. The van der Waals surface area contributed by atoms with Crippen molar-refractivity contribution < 1.29 is 23.0 Å². The average molecular weight is 489 g/mol. The van der Waals surface area contributed by atoms with Crippen LogP contribution in [-0.2, 0) is 11.2 Å². The van der Waals surface area contributed by atoms with Gasteiger partial charge in [-0.1, -0.05) is 6.92 Å². The number of aryl methyl sites for hydroxylation is 1. The summed E-state index contributed by atoms with van der Waals surface area (Å²) in [5.41, 5.74) is 7.66. The average Bonchev–Trinajstić information content (AvgIpc) is 3.35. The van der Waals surface area contributed by atoms with E-state index < -0.39 is 17.7 Å². The third-order valence-corrected chi connectivity index (χ3v) is 7.71. The minimum Gasteiger partial charge on any atom is -0.491 e. The highest BCUT2D eigenvalue weighted by Gasteiger charge is 2.35. The van der Waals surface area contributed by atoms with Gasteiger partial charge in [0, 0.05) is 55.2 Å². The molecule has 2 aromatic heterocycles. The van der Waals surface area contributed by atoms with E-state index in [1.165, 1.54) is 11.3 Å². The van der Waals surface area contributed by atoms with E-state index >= 15 is 8.78 Å². The Labute approximate surface area is 199 Å². The van der Waals surface area contributed by atoms with E-state index in [4.69, 9.17) is 15.2 Å². The molecule has 0 bridgehead atoms. The van der Waals surface area contributed by atoms with Gasteiger partial charge in [-0.25, -0.2) is 13.8 Å². The number of nitrogen functional groups attached to an aromatic ring is 1. The molecule has 0 unspecified atom stereocenters. The number of hydrogen-bond acceptors (Lipinski definition) is 7. The molecular formula is C24H26F2N4O3S. The first-order valence-corrected chi connectivity index (χ1v) is 12.0. The number of carbonyl (C=O) groups is 1. The van der Waals surface area contributed by atoms with Gasteiger partial charge in [-0.2, -0.15) is 0 Å². The Hall–Kier alpha value is -2.98. The molecule has 180 valence electrons. The van der Waals surface area contributed by atoms with Crippen molar-refractivity contribution >= 4 is 38.8 Å². The zero-order valence-corrected chi connectivity index (χ0v) is 20.0. The van der Waals surface area contributed by atoms with Gasteiger partial charge in [0.05, 0.1) is 23.5 Å². The number of methoxy groups -OCH3 is 1. The van der Waals surface area contributed by atoms with Crippen LogP contribution in [0.25, 0.3) is 10.2 Å². The lowest BCUT2D eigenvalue weighted by atomic mass is 10.0. The van der Waals surface area contributed by atoms with Crippen molar-refractivity contribution in [3.05, 3.63) is 46.0 Å². The van der Waals surface area contributed by atoms with Crippen LogP contribution in [0.5, 0.6) is 5.75 Å². The molecule has 1 aromatic carbocycles. The molecule has 7 nitrogen and oxygen atoms in total. The summed E-state index contributed by atoms with van der Waals surface area (Å²) in [7, 11) is 1.62. The Balaban J connectivity index is 1.35. The summed E-state index contributed by atoms with van der Waals surface area (Å²) in [4.78, 5) is 20.2. The van der Waals surface area contributed by atoms with Crippen LogP contribution in [0, 0.1) is 24.5 Å². The highest BCUT2D eigenvalue weighted by molar-refractivity contribution is 7.21. The lowest BCUT2D eigenvalue weighted by Crippen LogP contribution is -2.43. The number of pyridine rings is 1. The number of fused-ring (bicyclic) bond motifs is 2. The zero-order chi connectivity index (χ0) is 24.1. The van der Waals surface area contributed by atoms with Crippen LogP contribution >= 0.6 is 11.3 Å². The molecule has 3 aromatic rings. The van der Waals surface area contributed by atoms with Gasteiger partial charge in [-0.3, -0.25) is 4.79 Å². The quantitative estimate of drug-likeness (QED) is 0.583. The summed E-state index contributed by atoms with van der Waals surface area (Å²) in [6, 6.07) is 4.70. The van der Waals surface area contributed by atoms with E-state index in [0.29, 0.717) is 34.2 Å². The number of aromatic nitrogens is 1. The van der Waals surface area contributed by atoms with Gasteiger partial charge in [-0.15, -0.1) is 11.3 Å². The number of rotatable bonds is 4. The second-order valence-corrected chi connectivity index (χ2v) is 9.99. The summed E-state index contributed by atoms with van der Waals surface area (Å²) in [5, 5.41) is 3.57. The molecule has 10 heteroatoms. The molecule has 0 radical (unpaired) electrons. The van der Waals surface area contributed by atoms with Gasteiger partial charge < -0.3 is 25.4 Å². The Morgan fingerprint density at radius 2 is 2.12 bits per heavy atom. The van der Waals surface area contributed by atoms with E-state index in [1.54, 1.807) is 18.1 Å². The van der Waals surface area contributed by atoms with Gasteiger partial charge in [0.1, 0.15) is 22.1 Å². The lowest BCUT2D eigenvalue weighted by Gasteiger charge is -2.28. The number of carbonyl (C=O) groups excluding carboxylic acids is 1. The minimum absolute atomic E-state index is 0.0422. The van der Waals surface area contributed by atoms with Gasteiger partial charge in [-0.05, 0) is 19.1 Å². The maximum atomic E-state index is 15.1. The van der Waals surface area contributed by atoms with Gasteiger partial charge in [0.25, 0.3) is 5.91 Å². The van der Waals surface area contributed by atoms with Crippen molar-refractivity contribution in [3.63, 3.8) is 0 Å². The lowest BCUT2D eigenvalue weighted by molar-refractivity contribution is 0.0899. The Kier molecular flexibility index (Phi) is 5.81. The number of halogens is 2. The number of ether oxygens (including phenoxy) is 2. The molecule has 1 amide bonds. The molecule has 4 heterocycles. The van der Waals surface area contributed by atoms with Crippen molar-refractivity contribution in [2.24, 2.45) is 5.92 Å². The summed E-state index contributed by atoms with van der Waals surface area (Å²) in [6.07, 6.45) is 0.0723. The minimum atomic E-state index is -0.943. The first-order valence-electron chi connectivity index (χ1n) is 11.1. The number of nitrogens with zero attached hydrogens (tertiary/aromatic N) is 2. The topological polar surface area (TPSA) is 89.7 Å². The van der Waals surface area contributed by atoms with E-state index in [-0.39, 0.29) is 42.2 Å². The number of nitrogens with one attached hydrogen (secondary N) is 1. The molecule has 1 saturated heterocycles. The van der Waals surface area contributed by atoms with Crippen LogP contribution in [0.15, 0.2) is 18.2 Å². The fraction of sp³-hybridized carbons (Fsp3) is 0.417. The monoisotopic (exact) mass is 488 g/mol. The van der Waals surface area contributed by atoms with Crippen molar-refractivity contribution in [2.45, 2.75) is 32.4 Å². The van der Waals surface area contributed by atoms with Crippen molar-refractivity contribution in [3.8, 4) is 5.75 Å². The second-order valence-electron chi connectivity index (χ2n) is 8.99. The molecule has 0 spiro atoms. The number of hydrogen-bond donors (Lipinski definition) is 2. The summed E-state index contributed by atoms with van der Waals surface area (Å²) < 4.78 is 41.3. The standard InChI is InChI=1S/C24H26F2N4O3S/c1-11-8-30(9-18(11)32-3)16-7-17-15(19(25)20(16)26)6-13(10-33-17)29-23(31)22-21(27)14-5-4-12(2)28-24(14)34-22/h4-5,7,11,13,18H,6,8-10,27H2,1-3H3,(H,29,31)/t11-,13-,18-/m1/s1. The maximum Gasteiger partial charge on any atom is 0.263 e. The highest BCUT2D eigenvalue weighted by Crippen LogP contribution is 2.38. The predicted molar refractivity (Wildman–Crippen MR) is 128 cm³/mol. The molecule has 2 aliphatic heterocycles. The van der Waals surface area contributed by atoms with E-state index in [1.807, 2.05) is 26.0 Å². The summed E-state index contributed by atoms with van der Waals surface area (Å²) in [5.74, 6) is -1.74. The smallest absolute Gasteiger partial charge is 0.263 e. The first kappa shape index (κ1) is 22.8. The SMILES string of the molecule is CO[C@@H]1CN(c2cc3c(c(F)c2F)C[C@@H](NC(=O)c2sc4nc(C)ccc4c2N)CO3)C[C@H]1C. The zero-order valence-electron chi connectivity index (χ0n) is 19.2. The van der Waals surface area contributed by atoms with Crippen molar-refractivity contribution in [1.82, 2.24) is 10.3 Å². The number of benzene rings is 1. The van der Waals surface area contributed by atoms with Crippen LogP contribution in [0.3, 0.4) is 0 Å². The second kappa shape index (κ2) is 8.66. The van der Waals surface area contributed by atoms with Crippen molar-refractivity contribution in [2.75, 3.05) is 37.4 Å². The molecule has 1 fully saturated rings.